The molecule has 344 valence electrons. The average molecular weight is 844 g/mol. The van der Waals surface area contributed by atoms with Crippen LogP contribution >= 0.6 is 12.2 Å². The largest absolute Gasteiger partial charge is 0.386 e. The Balaban J connectivity index is -0.000000141. The molecule has 2 aliphatic heterocycles. The highest BCUT2D eigenvalue weighted by atomic mass is 32.1. The van der Waals surface area contributed by atoms with Gasteiger partial charge in [0, 0.05) is 56.8 Å². The Bertz CT molecular complexity index is 1160. The quantitative estimate of drug-likeness (QED) is 0.0482. The van der Waals surface area contributed by atoms with Crippen LogP contribution in [0.5, 0.6) is 0 Å². The zero-order chi connectivity index (χ0) is 44.7. The summed E-state index contributed by atoms with van der Waals surface area (Å²) in [7, 11) is 0. The summed E-state index contributed by atoms with van der Waals surface area (Å²) in [5.74, 6) is 3.49. The Labute approximate surface area is 362 Å². The van der Waals surface area contributed by atoms with Crippen molar-refractivity contribution in [3.8, 4) is 0 Å². The first kappa shape index (κ1) is 66.2. The Morgan fingerprint density at radius 2 is 1.33 bits per heavy atom. The Morgan fingerprint density at radius 3 is 1.59 bits per heavy atom. The van der Waals surface area contributed by atoms with Crippen molar-refractivity contribution in [3.63, 3.8) is 0 Å². The van der Waals surface area contributed by atoms with E-state index in [4.69, 9.17) is 39.9 Å². The molecule has 0 aliphatic carbocycles. The number of nitrogens with two attached hydrogens (primary N) is 2. The molecule has 2 fully saturated rings. The molecule has 2 atom stereocenters. The third kappa shape index (κ3) is 48.5. The summed E-state index contributed by atoms with van der Waals surface area (Å²) in [5.41, 5.74) is 10.6. The van der Waals surface area contributed by atoms with Crippen molar-refractivity contribution in [3.05, 3.63) is 0 Å². The molecular formula is C42H93N13O2S. The van der Waals surface area contributed by atoms with E-state index in [1.54, 1.807) is 33.9 Å². The molecule has 2 unspecified atom stereocenters. The standard InChI is InChI=1S/2C9H19N3.C6H13N3.C6H12N2O.C5H11NO.C5H11NS.2CH4/c1-7(2)11-9-5-4-6-12(9)8(3)10;1-7(2)5-8-3-4-12(6-8)9(10)11;1-5(2)4-8-9-6(3)7;1-4(2)6(9)8-5(3)7;2*1-4(2)6-5(3)7;;/h7,9-11H,4-6H2,1-3H3;7-8H,3-6H2,1-2H3,(H3,10,11);4-5H,1-3H3,(H2,7,9);4H,1-3H3,(H2,7,8,9);2*4H,1-3H3,(H,6,7);2*1H4/b;;8-4+;;;;;. The van der Waals surface area contributed by atoms with Gasteiger partial charge in [-0.3, -0.25) is 31.1 Å². The van der Waals surface area contributed by atoms with Crippen LogP contribution in [0.4, 0.5) is 0 Å². The SMILES string of the molecule is C.C.CC(=N)N1CCCC1NC(C)C.CC(=N)NC(=O)C(C)C.CC(=O)NC(C)C.CC(=S)NC(C)C.CC(C)CC1CCN(C(=N)N)C1.CC(N)=N/N=C/C(C)C. The molecule has 58 heavy (non-hydrogen) atoms. The highest BCUT2D eigenvalue weighted by molar-refractivity contribution is 7.80. The lowest BCUT2D eigenvalue weighted by Crippen LogP contribution is -2.46. The zero-order valence-corrected chi connectivity index (χ0v) is 39.1. The first-order chi connectivity index (χ1) is 25.6. The number of nitrogens with one attached hydrogen (secondary N) is 7. The molecule has 15 nitrogen and oxygen atoms in total. The van der Waals surface area contributed by atoms with Crippen molar-refractivity contribution >= 4 is 58.7 Å². The number of hydrogen-bond acceptors (Lipinski definition) is 9. The van der Waals surface area contributed by atoms with Crippen molar-refractivity contribution in [2.24, 2.45) is 45.3 Å². The van der Waals surface area contributed by atoms with Crippen LogP contribution in [0.3, 0.4) is 0 Å². The number of thiocarbonyl (C=S) groups is 1. The fourth-order valence-corrected chi connectivity index (χ4v) is 5.27. The Kier molecular flexibility index (Phi) is 44.3. The van der Waals surface area contributed by atoms with E-state index >= 15 is 0 Å². The molecular weight excluding hydrogens is 751 g/mol. The van der Waals surface area contributed by atoms with Crippen molar-refractivity contribution in [1.29, 1.82) is 16.2 Å². The second kappa shape index (κ2) is 38.8. The molecule has 2 heterocycles. The van der Waals surface area contributed by atoms with Gasteiger partial charge < -0.3 is 37.2 Å². The summed E-state index contributed by atoms with van der Waals surface area (Å²) >= 11 is 4.76. The van der Waals surface area contributed by atoms with Gasteiger partial charge in [-0.05, 0) is 113 Å². The number of carbonyl (C=O) groups excluding carboxylic acids is 2. The number of hydrogen-bond donors (Lipinski definition) is 9. The van der Waals surface area contributed by atoms with Crippen LogP contribution in [0.2, 0.25) is 0 Å². The van der Waals surface area contributed by atoms with Gasteiger partial charge >= 0.3 is 0 Å². The molecule has 2 aliphatic rings. The number of rotatable bonds is 9. The van der Waals surface area contributed by atoms with Crippen molar-refractivity contribution in [2.75, 3.05) is 19.6 Å². The fraction of sp³-hybridized carbons (Fsp3) is 0.810. The molecule has 0 aromatic heterocycles. The third-order valence-electron chi connectivity index (χ3n) is 7.04. The molecule has 0 aromatic rings. The van der Waals surface area contributed by atoms with Crippen LogP contribution in [0, 0.1) is 39.9 Å². The first-order valence-corrected chi connectivity index (χ1v) is 20.4. The van der Waals surface area contributed by atoms with Crippen molar-refractivity contribution in [1.82, 2.24) is 31.1 Å². The van der Waals surface area contributed by atoms with E-state index in [1.165, 1.54) is 32.6 Å². The molecule has 0 radical (unpaired) electrons. The molecule has 2 rings (SSSR count). The van der Waals surface area contributed by atoms with Crippen molar-refractivity contribution < 1.29 is 9.59 Å². The van der Waals surface area contributed by atoms with Crippen LogP contribution in [0.15, 0.2) is 10.2 Å². The van der Waals surface area contributed by atoms with Gasteiger partial charge in [0.1, 0.15) is 5.84 Å². The molecule has 0 saturated carbocycles. The summed E-state index contributed by atoms with van der Waals surface area (Å²) < 4.78 is 0. The van der Waals surface area contributed by atoms with Gasteiger partial charge in [-0.2, -0.15) is 5.10 Å². The van der Waals surface area contributed by atoms with Crippen LogP contribution in [-0.2, 0) is 9.59 Å². The number of likely N-dealkylation sites (tertiary alicyclic amines) is 2. The monoisotopic (exact) mass is 844 g/mol. The van der Waals surface area contributed by atoms with Crippen molar-refractivity contribution in [2.45, 2.75) is 183 Å². The predicted molar refractivity (Wildman–Crippen MR) is 258 cm³/mol. The second-order valence-corrected chi connectivity index (χ2v) is 16.7. The second-order valence-electron chi connectivity index (χ2n) is 16.1. The van der Waals surface area contributed by atoms with Gasteiger partial charge in [0.15, 0.2) is 5.96 Å². The smallest absolute Gasteiger partial charge is 0.227 e. The first-order valence-electron chi connectivity index (χ1n) is 20.0. The minimum atomic E-state index is -0.0949. The van der Waals surface area contributed by atoms with Crippen LogP contribution in [0.1, 0.15) is 158 Å². The summed E-state index contributed by atoms with van der Waals surface area (Å²) in [6.45, 7) is 36.0. The normalized spacial score (nSPS) is 15.5. The maximum Gasteiger partial charge on any atom is 0.227 e. The van der Waals surface area contributed by atoms with Crippen LogP contribution in [-0.4, -0.2) is 100 Å². The van der Waals surface area contributed by atoms with Gasteiger partial charge in [0.25, 0.3) is 0 Å². The molecule has 2 amide bonds. The average Bonchev–Trinajstić information content (AvgIpc) is 3.66. The number of amidine groups is 3. The highest BCUT2D eigenvalue weighted by Gasteiger charge is 2.25. The molecule has 2 saturated heterocycles. The van der Waals surface area contributed by atoms with Gasteiger partial charge in [-0.15, -0.1) is 5.10 Å². The van der Waals surface area contributed by atoms with E-state index < -0.39 is 0 Å². The van der Waals surface area contributed by atoms with E-state index in [1.807, 2.05) is 46.4 Å². The van der Waals surface area contributed by atoms with Gasteiger partial charge in [-0.25, -0.2) is 0 Å². The number of guanidine groups is 1. The van der Waals surface area contributed by atoms with E-state index in [9.17, 15) is 9.59 Å². The van der Waals surface area contributed by atoms with E-state index in [2.05, 4.69) is 77.9 Å². The topological polar surface area (TPSA) is 237 Å². The Morgan fingerprint density at radius 1 is 0.810 bits per heavy atom. The summed E-state index contributed by atoms with van der Waals surface area (Å²) in [4.78, 5) is 25.8. The lowest BCUT2D eigenvalue weighted by atomic mass is 9.97. The lowest BCUT2D eigenvalue weighted by molar-refractivity contribution is -0.122. The molecule has 16 heteroatoms. The lowest BCUT2D eigenvalue weighted by Gasteiger charge is -2.27. The maximum absolute atomic E-state index is 10.7. The molecule has 0 spiro atoms. The van der Waals surface area contributed by atoms with Gasteiger partial charge in [0.2, 0.25) is 11.8 Å². The summed E-state index contributed by atoms with van der Waals surface area (Å²) in [6, 6.07) is 1.27. The van der Waals surface area contributed by atoms with Crippen LogP contribution < -0.4 is 32.7 Å². The van der Waals surface area contributed by atoms with E-state index in [0.29, 0.717) is 35.8 Å². The molecule has 11 N–H and O–H groups in total. The summed E-state index contributed by atoms with van der Waals surface area (Å²) in [5, 5.41) is 40.6. The molecule has 0 aromatic carbocycles. The van der Waals surface area contributed by atoms with E-state index in [-0.39, 0.29) is 50.4 Å². The maximum atomic E-state index is 10.7. The minimum Gasteiger partial charge on any atom is -0.386 e. The number of amides is 2. The zero-order valence-electron chi connectivity index (χ0n) is 38.3. The highest BCUT2D eigenvalue weighted by Crippen LogP contribution is 2.22. The van der Waals surface area contributed by atoms with E-state index in [0.717, 1.165) is 36.5 Å². The minimum absolute atomic E-state index is 0. The fourth-order valence-electron chi connectivity index (χ4n) is 5.04. The predicted octanol–water partition coefficient (Wildman–Crippen LogP) is 7.55. The Hall–Kier alpha value is -3.66. The third-order valence-corrected chi connectivity index (χ3v) is 7.16. The van der Waals surface area contributed by atoms with Crippen LogP contribution in [0.25, 0.3) is 0 Å². The number of nitrogens with zero attached hydrogens (tertiary/aromatic N) is 4. The number of carbonyl (C=O) groups is 2. The summed E-state index contributed by atoms with van der Waals surface area (Å²) in [6.07, 6.45) is 7.01. The molecule has 0 bridgehead atoms. The van der Waals surface area contributed by atoms with Gasteiger partial charge in [0.05, 0.1) is 22.8 Å². The van der Waals surface area contributed by atoms with Gasteiger partial charge in [-0.1, -0.05) is 68.6 Å².